The van der Waals surface area contributed by atoms with Gasteiger partial charge in [0.05, 0.1) is 7.11 Å². The lowest BCUT2D eigenvalue weighted by molar-refractivity contribution is 0.0998. The van der Waals surface area contributed by atoms with Crippen molar-refractivity contribution in [1.29, 1.82) is 0 Å². The SMILES string of the molecule is COc1ccc2oc(C(=O)Nc3ccc(Oc4ccccc4)cc3)c(C)c2c1. The van der Waals surface area contributed by atoms with Gasteiger partial charge >= 0.3 is 0 Å². The molecule has 0 unspecified atom stereocenters. The summed E-state index contributed by atoms with van der Waals surface area (Å²) in [5.74, 6) is 2.15. The highest BCUT2D eigenvalue weighted by molar-refractivity contribution is 6.06. The Morgan fingerprint density at radius 3 is 2.29 bits per heavy atom. The van der Waals surface area contributed by atoms with Crippen molar-refractivity contribution in [2.45, 2.75) is 6.92 Å². The molecule has 5 nitrogen and oxygen atoms in total. The summed E-state index contributed by atoms with van der Waals surface area (Å²) in [7, 11) is 1.61. The van der Waals surface area contributed by atoms with Crippen molar-refractivity contribution in [3.8, 4) is 17.2 Å². The van der Waals surface area contributed by atoms with Gasteiger partial charge in [0.25, 0.3) is 5.91 Å². The number of benzene rings is 3. The number of fused-ring (bicyclic) bond motifs is 1. The average molecular weight is 373 g/mol. The maximum absolute atomic E-state index is 12.7. The molecule has 0 fully saturated rings. The smallest absolute Gasteiger partial charge is 0.291 e. The standard InChI is InChI=1S/C23H19NO4/c1-15-20-14-19(26-2)12-13-21(20)28-22(15)23(25)24-16-8-10-18(11-9-16)27-17-6-4-3-5-7-17/h3-14H,1-2H3,(H,24,25). The highest BCUT2D eigenvalue weighted by Crippen LogP contribution is 2.29. The number of amides is 1. The van der Waals surface area contributed by atoms with E-state index >= 15 is 0 Å². The Morgan fingerprint density at radius 2 is 1.57 bits per heavy atom. The van der Waals surface area contributed by atoms with Crippen molar-refractivity contribution in [2.24, 2.45) is 0 Å². The third kappa shape index (κ3) is 3.55. The van der Waals surface area contributed by atoms with Crippen LogP contribution in [0.3, 0.4) is 0 Å². The summed E-state index contributed by atoms with van der Waals surface area (Å²) < 4.78 is 16.7. The number of aryl methyl sites for hydroxylation is 1. The van der Waals surface area contributed by atoms with Crippen LogP contribution in [0.1, 0.15) is 16.1 Å². The van der Waals surface area contributed by atoms with Crippen molar-refractivity contribution >= 4 is 22.6 Å². The third-order valence-electron chi connectivity index (χ3n) is 4.44. The lowest BCUT2D eigenvalue weighted by Gasteiger charge is -2.07. The Kier molecular flexibility index (Phi) is 4.72. The average Bonchev–Trinajstić information content (AvgIpc) is 3.06. The molecule has 0 spiro atoms. The van der Waals surface area contributed by atoms with Gasteiger partial charge in [0.2, 0.25) is 0 Å². The number of nitrogens with one attached hydrogen (secondary N) is 1. The molecular weight excluding hydrogens is 354 g/mol. The number of rotatable bonds is 5. The van der Waals surface area contributed by atoms with Gasteiger partial charge in [-0.3, -0.25) is 4.79 Å². The predicted octanol–water partition coefficient (Wildman–Crippen LogP) is 5.79. The van der Waals surface area contributed by atoms with Crippen LogP contribution in [0.2, 0.25) is 0 Å². The van der Waals surface area contributed by atoms with Gasteiger partial charge in [0, 0.05) is 16.6 Å². The number of furan rings is 1. The quantitative estimate of drug-likeness (QED) is 0.481. The molecule has 0 radical (unpaired) electrons. The van der Waals surface area contributed by atoms with Crippen LogP contribution in [-0.2, 0) is 0 Å². The van der Waals surface area contributed by atoms with E-state index in [0.29, 0.717) is 17.0 Å². The molecular formula is C23H19NO4. The Morgan fingerprint density at radius 1 is 0.893 bits per heavy atom. The van der Waals surface area contributed by atoms with Gasteiger partial charge in [0.15, 0.2) is 5.76 Å². The Hall–Kier alpha value is -3.73. The van der Waals surface area contributed by atoms with Crippen LogP contribution in [0.25, 0.3) is 11.0 Å². The van der Waals surface area contributed by atoms with E-state index in [4.69, 9.17) is 13.9 Å². The fourth-order valence-corrected chi connectivity index (χ4v) is 2.96. The molecule has 4 aromatic rings. The number of hydrogen-bond acceptors (Lipinski definition) is 4. The lowest BCUT2D eigenvalue weighted by atomic mass is 10.1. The molecule has 3 aromatic carbocycles. The minimum absolute atomic E-state index is 0.285. The Balaban J connectivity index is 1.50. The third-order valence-corrected chi connectivity index (χ3v) is 4.44. The first-order chi connectivity index (χ1) is 13.6. The molecule has 4 rings (SSSR count). The normalized spacial score (nSPS) is 10.6. The van der Waals surface area contributed by atoms with Crippen LogP contribution in [-0.4, -0.2) is 13.0 Å². The monoisotopic (exact) mass is 373 g/mol. The predicted molar refractivity (Wildman–Crippen MR) is 108 cm³/mol. The molecule has 1 heterocycles. The Bertz CT molecular complexity index is 1110. The molecule has 0 saturated heterocycles. The first-order valence-corrected chi connectivity index (χ1v) is 8.85. The van der Waals surface area contributed by atoms with Crippen molar-refractivity contribution in [1.82, 2.24) is 0 Å². The second-order valence-corrected chi connectivity index (χ2v) is 6.31. The highest BCUT2D eigenvalue weighted by Gasteiger charge is 2.18. The summed E-state index contributed by atoms with van der Waals surface area (Å²) in [4.78, 5) is 12.7. The van der Waals surface area contributed by atoms with Gasteiger partial charge in [-0.2, -0.15) is 0 Å². The summed E-state index contributed by atoms with van der Waals surface area (Å²) >= 11 is 0. The topological polar surface area (TPSA) is 60.7 Å². The molecule has 0 aliphatic heterocycles. The fourth-order valence-electron chi connectivity index (χ4n) is 2.96. The first kappa shape index (κ1) is 17.7. The van der Waals surface area contributed by atoms with E-state index in [1.165, 1.54) is 0 Å². The molecule has 140 valence electrons. The van der Waals surface area contributed by atoms with E-state index in [-0.39, 0.29) is 11.7 Å². The number of carbonyl (C=O) groups is 1. The van der Waals surface area contributed by atoms with Gasteiger partial charge in [-0.05, 0) is 61.5 Å². The van der Waals surface area contributed by atoms with Crippen molar-refractivity contribution < 1.29 is 18.7 Å². The van der Waals surface area contributed by atoms with E-state index in [0.717, 1.165) is 22.4 Å². The second kappa shape index (κ2) is 7.48. The van der Waals surface area contributed by atoms with Crippen LogP contribution >= 0.6 is 0 Å². The van der Waals surface area contributed by atoms with Crippen molar-refractivity contribution in [3.63, 3.8) is 0 Å². The van der Waals surface area contributed by atoms with Gasteiger partial charge < -0.3 is 19.2 Å². The molecule has 0 saturated carbocycles. The zero-order valence-corrected chi connectivity index (χ0v) is 15.6. The summed E-state index contributed by atoms with van der Waals surface area (Å²) in [6.07, 6.45) is 0. The lowest BCUT2D eigenvalue weighted by Crippen LogP contribution is -2.11. The first-order valence-electron chi connectivity index (χ1n) is 8.85. The molecule has 5 heteroatoms. The van der Waals surface area contributed by atoms with Crippen LogP contribution in [0.15, 0.2) is 77.2 Å². The number of ether oxygens (including phenoxy) is 2. The Labute approximate surface area is 162 Å². The molecule has 28 heavy (non-hydrogen) atoms. The van der Waals surface area contributed by atoms with Gasteiger partial charge in [-0.1, -0.05) is 18.2 Å². The van der Waals surface area contributed by atoms with Crippen LogP contribution in [0, 0.1) is 6.92 Å². The zero-order valence-electron chi connectivity index (χ0n) is 15.6. The number of carbonyl (C=O) groups excluding carboxylic acids is 1. The molecule has 0 bridgehead atoms. The van der Waals surface area contributed by atoms with E-state index in [1.807, 2.05) is 43.3 Å². The van der Waals surface area contributed by atoms with E-state index in [9.17, 15) is 4.79 Å². The van der Waals surface area contributed by atoms with Gasteiger partial charge in [-0.15, -0.1) is 0 Å². The van der Waals surface area contributed by atoms with E-state index < -0.39 is 0 Å². The van der Waals surface area contributed by atoms with Gasteiger partial charge in [-0.25, -0.2) is 0 Å². The number of methoxy groups -OCH3 is 1. The minimum atomic E-state index is -0.301. The molecule has 0 aliphatic carbocycles. The maximum atomic E-state index is 12.7. The fraction of sp³-hybridized carbons (Fsp3) is 0.0870. The highest BCUT2D eigenvalue weighted by atomic mass is 16.5. The number of para-hydroxylation sites is 1. The van der Waals surface area contributed by atoms with Crippen LogP contribution in [0.5, 0.6) is 17.2 Å². The molecule has 1 amide bonds. The summed E-state index contributed by atoms with van der Waals surface area (Å²) in [6, 6.07) is 22.2. The largest absolute Gasteiger partial charge is 0.497 e. The van der Waals surface area contributed by atoms with Gasteiger partial charge in [0.1, 0.15) is 22.8 Å². The van der Waals surface area contributed by atoms with Crippen LogP contribution < -0.4 is 14.8 Å². The zero-order chi connectivity index (χ0) is 19.5. The summed E-state index contributed by atoms with van der Waals surface area (Å²) in [6.45, 7) is 1.86. The van der Waals surface area contributed by atoms with Crippen molar-refractivity contribution in [2.75, 3.05) is 12.4 Å². The van der Waals surface area contributed by atoms with Crippen LogP contribution in [0.4, 0.5) is 5.69 Å². The number of hydrogen-bond donors (Lipinski definition) is 1. The van der Waals surface area contributed by atoms with Crippen molar-refractivity contribution in [3.05, 3.63) is 84.1 Å². The minimum Gasteiger partial charge on any atom is -0.497 e. The molecule has 0 aliphatic rings. The molecule has 1 aromatic heterocycles. The molecule has 1 N–H and O–H groups in total. The van der Waals surface area contributed by atoms with E-state index in [1.54, 1.807) is 43.5 Å². The summed E-state index contributed by atoms with van der Waals surface area (Å²) in [5.41, 5.74) is 2.08. The molecule has 0 atom stereocenters. The second-order valence-electron chi connectivity index (χ2n) is 6.31. The number of anilines is 1. The van der Waals surface area contributed by atoms with E-state index in [2.05, 4.69) is 5.32 Å². The summed E-state index contributed by atoms with van der Waals surface area (Å²) in [5, 5.41) is 3.72. The maximum Gasteiger partial charge on any atom is 0.291 e.